The van der Waals surface area contributed by atoms with Gasteiger partial charge in [0.2, 0.25) is 0 Å². The van der Waals surface area contributed by atoms with Gasteiger partial charge in [-0.1, -0.05) is 20.8 Å². The summed E-state index contributed by atoms with van der Waals surface area (Å²) >= 11 is 0. The quantitative estimate of drug-likeness (QED) is 0.820. The van der Waals surface area contributed by atoms with E-state index in [4.69, 9.17) is 4.84 Å². The lowest BCUT2D eigenvalue weighted by molar-refractivity contribution is 0.0162. The van der Waals surface area contributed by atoms with E-state index in [9.17, 15) is 0 Å². The first-order chi connectivity index (χ1) is 9.88. The predicted octanol–water partition coefficient (Wildman–Crippen LogP) is 2.36. The zero-order chi connectivity index (χ0) is 15.2. The Kier molecular flexibility index (Phi) is 4.34. The summed E-state index contributed by atoms with van der Waals surface area (Å²) < 4.78 is 0. The fourth-order valence-corrected chi connectivity index (χ4v) is 4.63. The molecule has 0 aromatic carbocycles. The molecule has 4 heteroatoms. The molecule has 0 spiro atoms. The van der Waals surface area contributed by atoms with E-state index < -0.39 is 0 Å². The fraction of sp³-hybridized carbons (Fsp3) is 1.00. The molecule has 0 bridgehead atoms. The van der Waals surface area contributed by atoms with Crippen molar-refractivity contribution in [2.75, 3.05) is 13.1 Å². The minimum absolute atomic E-state index is 0.309. The highest BCUT2D eigenvalue weighted by Crippen LogP contribution is 2.42. The second kappa shape index (κ2) is 5.80. The van der Waals surface area contributed by atoms with Gasteiger partial charge in [-0.15, -0.1) is 0 Å². The Morgan fingerprint density at radius 2 is 2.00 bits per heavy atom. The molecular weight excluding hydrogens is 262 g/mol. The summed E-state index contributed by atoms with van der Waals surface area (Å²) in [5, 5.41) is 3.80. The highest BCUT2D eigenvalue weighted by atomic mass is 16.7. The van der Waals surface area contributed by atoms with Crippen molar-refractivity contribution >= 4 is 0 Å². The van der Waals surface area contributed by atoms with Crippen LogP contribution in [0.15, 0.2) is 0 Å². The molecule has 0 aromatic rings. The van der Waals surface area contributed by atoms with Crippen LogP contribution in [0.25, 0.3) is 0 Å². The summed E-state index contributed by atoms with van der Waals surface area (Å²) in [5.41, 5.74) is 3.52. The first-order valence-electron chi connectivity index (χ1n) is 8.78. The molecule has 0 aliphatic carbocycles. The highest BCUT2D eigenvalue weighted by molar-refractivity contribution is 5.00. The third kappa shape index (κ3) is 3.00. The smallest absolute Gasteiger partial charge is 0.0818 e. The van der Waals surface area contributed by atoms with Gasteiger partial charge < -0.3 is 5.32 Å². The van der Waals surface area contributed by atoms with Crippen molar-refractivity contribution in [3.8, 4) is 0 Å². The van der Waals surface area contributed by atoms with Crippen LogP contribution in [0.5, 0.6) is 0 Å². The summed E-state index contributed by atoms with van der Waals surface area (Å²) in [7, 11) is 0. The van der Waals surface area contributed by atoms with E-state index in [1.807, 2.05) is 0 Å². The van der Waals surface area contributed by atoms with Crippen LogP contribution in [0.3, 0.4) is 0 Å². The summed E-state index contributed by atoms with van der Waals surface area (Å²) in [6.07, 6.45) is 4.98. The van der Waals surface area contributed by atoms with Crippen molar-refractivity contribution in [1.82, 2.24) is 15.7 Å². The lowest BCUT2D eigenvalue weighted by atomic mass is 9.82. The molecule has 6 unspecified atom stereocenters. The van der Waals surface area contributed by atoms with Crippen LogP contribution >= 0.6 is 0 Å². The third-order valence-corrected chi connectivity index (χ3v) is 5.94. The molecule has 3 saturated heterocycles. The van der Waals surface area contributed by atoms with Gasteiger partial charge in [-0.2, -0.15) is 5.48 Å². The Morgan fingerprint density at radius 1 is 1.24 bits per heavy atom. The number of hydroxylamine groups is 1. The number of fused-ring (bicyclic) bond motifs is 1. The fourth-order valence-electron chi connectivity index (χ4n) is 4.63. The van der Waals surface area contributed by atoms with E-state index in [2.05, 4.69) is 50.3 Å². The Balaban J connectivity index is 1.78. The molecule has 0 amide bonds. The monoisotopic (exact) mass is 295 g/mol. The standard InChI is InChI=1S/C17H33N3O/c1-11-14(12(2)21-19-11)10-20-15(17(3,4)5)9-13-7-6-8-18-16(13)20/h11-16,18-19H,6-10H2,1-5H3. The number of hydrogen-bond donors (Lipinski definition) is 2. The van der Waals surface area contributed by atoms with Crippen LogP contribution < -0.4 is 10.8 Å². The molecule has 0 aromatic heterocycles. The second-order valence-corrected chi connectivity index (χ2v) is 8.51. The average Bonchev–Trinajstić information content (AvgIpc) is 2.94. The number of nitrogens with one attached hydrogen (secondary N) is 2. The van der Waals surface area contributed by atoms with Crippen molar-refractivity contribution in [2.24, 2.45) is 17.3 Å². The van der Waals surface area contributed by atoms with Gasteiger partial charge >= 0.3 is 0 Å². The van der Waals surface area contributed by atoms with E-state index in [0.717, 1.165) is 12.5 Å². The van der Waals surface area contributed by atoms with Crippen molar-refractivity contribution in [2.45, 2.75) is 78.2 Å². The lowest BCUT2D eigenvalue weighted by Gasteiger charge is -2.41. The van der Waals surface area contributed by atoms with Gasteiger partial charge in [0.25, 0.3) is 0 Å². The molecule has 0 radical (unpaired) electrons. The van der Waals surface area contributed by atoms with Gasteiger partial charge in [0.1, 0.15) is 0 Å². The SMILES string of the molecule is CC1NOC(C)C1CN1C2NCCCC2CC1C(C)(C)C. The molecule has 6 atom stereocenters. The predicted molar refractivity (Wildman–Crippen MR) is 85.7 cm³/mol. The Bertz CT molecular complexity index is 358. The number of nitrogens with zero attached hydrogens (tertiary/aromatic N) is 1. The molecule has 21 heavy (non-hydrogen) atoms. The molecule has 3 aliphatic heterocycles. The van der Waals surface area contributed by atoms with E-state index >= 15 is 0 Å². The minimum Gasteiger partial charge on any atom is -0.301 e. The molecule has 0 saturated carbocycles. The van der Waals surface area contributed by atoms with Crippen molar-refractivity contribution in [1.29, 1.82) is 0 Å². The number of rotatable bonds is 2. The van der Waals surface area contributed by atoms with E-state index in [0.29, 0.717) is 35.7 Å². The average molecular weight is 295 g/mol. The van der Waals surface area contributed by atoms with Crippen molar-refractivity contribution in [3.63, 3.8) is 0 Å². The Hall–Kier alpha value is -0.160. The van der Waals surface area contributed by atoms with Gasteiger partial charge in [0.15, 0.2) is 0 Å². The molecule has 122 valence electrons. The summed E-state index contributed by atoms with van der Waals surface area (Å²) in [4.78, 5) is 8.42. The molecule has 3 aliphatic rings. The largest absolute Gasteiger partial charge is 0.301 e. The van der Waals surface area contributed by atoms with E-state index in [-0.39, 0.29) is 0 Å². The summed E-state index contributed by atoms with van der Waals surface area (Å²) in [6, 6.07) is 1.13. The van der Waals surface area contributed by atoms with Gasteiger partial charge in [0, 0.05) is 24.5 Å². The van der Waals surface area contributed by atoms with E-state index in [1.165, 1.54) is 25.8 Å². The van der Waals surface area contributed by atoms with Gasteiger partial charge in [-0.3, -0.25) is 9.74 Å². The summed E-state index contributed by atoms with van der Waals surface area (Å²) in [6.45, 7) is 14.0. The van der Waals surface area contributed by atoms with Crippen molar-refractivity contribution < 1.29 is 4.84 Å². The molecule has 4 nitrogen and oxygen atoms in total. The maximum atomic E-state index is 5.65. The minimum atomic E-state index is 0.309. The zero-order valence-corrected chi connectivity index (χ0v) is 14.4. The van der Waals surface area contributed by atoms with Crippen LogP contribution in [-0.4, -0.2) is 42.3 Å². The number of piperidine rings is 1. The van der Waals surface area contributed by atoms with Crippen molar-refractivity contribution in [3.05, 3.63) is 0 Å². The molecule has 3 fully saturated rings. The van der Waals surface area contributed by atoms with Gasteiger partial charge in [0.05, 0.1) is 12.3 Å². The Labute approximate surface area is 129 Å². The van der Waals surface area contributed by atoms with Crippen LogP contribution in [0.2, 0.25) is 0 Å². The van der Waals surface area contributed by atoms with Crippen LogP contribution in [0.1, 0.15) is 53.9 Å². The molecule has 3 rings (SSSR count). The maximum Gasteiger partial charge on any atom is 0.0818 e. The third-order valence-electron chi connectivity index (χ3n) is 5.94. The van der Waals surface area contributed by atoms with Crippen LogP contribution in [0.4, 0.5) is 0 Å². The van der Waals surface area contributed by atoms with E-state index in [1.54, 1.807) is 0 Å². The molecule has 3 heterocycles. The maximum absolute atomic E-state index is 5.65. The molecular formula is C17H33N3O. The number of hydrogen-bond acceptors (Lipinski definition) is 4. The number of likely N-dealkylation sites (tertiary alicyclic amines) is 1. The highest BCUT2D eigenvalue weighted by Gasteiger charge is 2.48. The van der Waals surface area contributed by atoms with Crippen LogP contribution in [-0.2, 0) is 4.84 Å². The zero-order valence-electron chi connectivity index (χ0n) is 14.4. The second-order valence-electron chi connectivity index (χ2n) is 8.51. The first kappa shape index (κ1) is 15.7. The first-order valence-corrected chi connectivity index (χ1v) is 8.78. The normalized spacial score (nSPS) is 45.0. The topological polar surface area (TPSA) is 36.5 Å². The Morgan fingerprint density at radius 3 is 2.62 bits per heavy atom. The van der Waals surface area contributed by atoms with Gasteiger partial charge in [-0.05, 0) is 51.0 Å². The lowest BCUT2D eigenvalue weighted by Crippen LogP contribution is -2.54. The van der Waals surface area contributed by atoms with Gasteiger partial charge in [-0.25, -0.2) is 0 Å². The summed E-state index contributed by atoms with van der Waals surface area (Å²) in [5.74, 6) is 1.42. The molecule has 2 N–H and O–H groups in total. The van der Waals surface area contributed by atoms with Crippen LogP contribution in [0, 0.1) is 17.3 Å².